The summed E-state index contributed by atoms with van der Waals surface area (Å²) in [5.74, 6) is 0.0569. The zero-order valence-corrected chi connectivity index (χ0v) is 11.0. The number of pyridine rings is 1. The summed E-state index contributed by atoms with van der Waals surface area (Å²) >= 11 is 1.61. The number of nitrogens with zero attached hydrogens (tertiary/aromatic N) is 1. The van der Waals surface area contributed by atoms with Crippen LogP contribution in [0.4, 0.5) is 11.4 Å². The summed E-state index contributed by atoms with van der Waals surface area (Å²) in [6.45, 7) is 0. The number of anilines is 2. The predicted octanol–water partition coefficient (Wildman–Crippen LogP) is 2.70. The van der Waals surface area contributed by atoms with Crippen LogP contribution >= 0.6 is 11.8 Å². The van der Waals surface area contributed by atoms with E-state index in [1.165, 1.54) is 0 Å². The molecule has 0 bridgehead atoms. The van der Waals surface area contributed by atoms with Gasteiger partial charge in [-0.2, -0.15) is 0 Å². The van der Waals surface area contributed by atoms with Crippen molar-refractivity contribution in [2.45, 2.75) is 22.6 Å². The molecular formula is C14H13N3OS. The Bertz CT molecular complexity index is 628. The monoisotopic (exact) mass is 271 g/mol. The first kappa shape index (κ1) is 12.0. The van der Waals surface area contributed by atoms with Gasteiger partial charge in [0, 0.05) is 40.0 Å². The summed E-state index contributed by atoms with van der Waals surface area (Å²) in [5.41, 5.74) is 8.72. The number of amides is 1. The molecule has 0 atom stereocenters. The van der Waals surface area contributed by atoms with E-state index in [2.05, 4.69) is 16.4 Å². The lowest BCUT2D eigenvalue weighted by atomic mass is 10.0. The lowest BCUT2D eigenvalue weighted by Crippen LogP contribution is -2.19. The molecule has 3 rings (SSSR count). The minimum atomic E-state index is 0.0569. The minimum Gasteiger partial charge on any atom is -0.398 e. The normalized spacial score (nSPS) is 13.8. The van der Waals surface area contributed by atoms with Crippen LogP contribution in [0.2, 0.25) is 0 Å². The van der Waals surface area contributed by atoms with Gasteiger partial charge in [0.15, 0.2) is 0 Å². The first-order valence-corrected chi connectivity index (χ1v) is 6.84. The van der Waals surface area contributed by atoms with E-state index in [0.717, 1.165) is 27.5 Å². The van der Waals surface area contributed by atoms with Gasteiger partial charge in [-0.15, -0.1) is 0 Å². The number of aromatic nitrogens is 1. The van der Waals surface area contributed by atoms with Crippen molar-refractivity contribution in [3.05, 3.63) is 42.2 Å². The Balaban J connectivity index is 1.93. The summed E-state index contributed by atoms with van der Waals surface area (Å²) in [4.78, 5) is 17.5. The van der Waals surface area contributed by atoms with E-state index in [4.69, 9.17) is 5.73 Å². The number of nitrogen functional groups attached to an aromatic ring is 1. The second kappa shape index (κ2) is 4.93. The van der Waals surface area contributed by atoms with Crippen LogP contribution in [0, 0.1) is 0 Å². The quantitative estimate of drug-likeness (QED) is 0.824. The van der Waals surface area contributed by atoms with E-state index in [1.54, 1.807) is 24.2 Å². The van der Waals surface area contributed by atoms with Crippen molar-refractivity contribution in [1.82, 2.24) is 4.98 Å². The van der Waals surface area contributed by atoms with Gasteiger partial charge >= 0.3 is 0 Å². The molecule has 0 spiro atoms. The lowest BCUT2D eigenvalue weighted by Gasteiger charge is -2.19. The molecule has 1 aliphatic heterocycles. The summed E-state index contributed by atoms with van der Waals surface area (Å²) in [6.07, 6.45) is 4.83. The molecular weight excluding hydrogens is 258 g/mol. The fourth-order valence-corrected chi connectivity index (χ4v) is 2.93. The minimum absolute atomic E-state index is 0.0569. The Morgan fingerprint density at radius 3 is 2.79 bits per heavy atom. The predicted molar refractivity (Wildman–Crippen MR) is 76.2 cm³/mol. The van der Waals surface area contributed by atoms with Crippen molar-refractivity contribution >= 4 is 29.0 Å². The zero-order chi connectivity index (χ0) is 13.2. The summed E-state index contributed by atoms with van der Waals surface area (Å²) in [7, 11) is 0. The van der Waals surface area contributed by atoms with Crippen LogP contribution in [0.3, 0.4) is 0 Å². The van der Waals surface area contributed by atoms with Crippen LogP contribution in [0.5, 0.6) is 0 Å². The molecule has 3 N–H and O–H groups in total. The molecule has 1 amide bonds. The highest BCUT2D eigenvalue weighted by atomic mass is 32.2. The van der Waals surface area contributed by atoms with E-state index >= 15 is 0 Å². The van der Waals surface area contributed by atoms with Crippen molar-refractivity contribution in [3.8, 4) is 0 Å². The topological polar surface area (TPSA) is 68.0 Å². The molecule has 0 aliphatic carbocycles. The average Bonchev–Trinajstić information content (AvgIpc) is 2.41. The Labute approximate surface area is 115 Å². The van der Waals surface area contributed by atoms with Crippen LogP contribution in [-0.4, -0.2) is 10.9 Å². The van der Waals surface area contributed by atoms with Crippen molar-refractivity contribution in [3.63, 3.8) is 0 Å². The number of carbonyl (C=O) groups excluding carboxylic acids is 1. The number of rotatable bonds is 2. The highest BCUT2D eigenvalue weighted by Gasteiger charge is 2.16. The zero-order valence-electron chi connectivity index (χ0n) is 10.2. The Kier molecular flexibility index (Phi) is 3.13. The van der Waals surface area contributed by atoms with Crippen molar-refractivity contribution < 1.29 is 4.79 Å². The van der Waals surface area contributed by atoms with Gasteiger partial charge in [0.05, 0.1) is 0 Å². The second-order valence-corrected chi connectivity index (χ2v) is 5.50. The molecule has 1 aliphatic rings. The van der Waals surface area contributed by atoms with Gasteiger partial charge in [-0.05, 0) is 36.2 Å². The van der Waals surface area contributed by atoms with E-state index < -0.39 is 0 Å². The number of nitrogens with one attached hydrogen (secondary N) is 1. The first-order valence-electron chi connectivity index (χ1n) is 6.02. The molecule has 1 aromatic carbocycles. The number of nitrogens with two attached hydrogens (primary N) is 1. The van der Waals surface area contributed by atoms with Gasteiger partial charge in [-0.3, -0.25) is 9.78 Å². The molecule has 0 saturated heterocycles. The third-order valence-corrected chi connectivity index (χ3v) is 4.09. The van der Waals surface area contributed by atoms with Crippen LogP contribution in [0.25, 0.3) is 0 Å². The van der Waals surface area contributed by atoms with Gasteiger partial charge in [-0.25, -0.2) is 0 Å². The number of benzene rings is 1. The summed E-state index contributed by atoms with van der Waals surface area (Å²) in [5, 5.41) is 2.85. The molecule has 19 heavy (non-hydrogen) atoms. The lowest BCUT2D eigenvalue weighted by molar-refractivity contribution is -0.116. The maximum atomic E-state index is 11.3. The molecule has 0 radical (unpaired) electrons. The maximum absolute atomic E-state index is 11.3. The average molecular weight is 271 g/mol. The van der Waals surface area contributed by atoms with Crippen molar-refractivity contribution in [2.75, 3.05) is 11.1 Å². The SMILES string of the molecule is Nc1cc2c(cc1Sc1ccncc1)CCC(=O)N2. The van der Waals surface area contributed by atoms with E-state index in [1.807, 2.05) is 18.2 Å². The van der Waals surface area contributed by atoms with E-state index in [0.29, 0.717) is 12.1 Å². The number of aryl methyl sites for hydroxylation is 1. The molecule has 0 saturated carbocycles. The molecule has 2 aromatic rings. The highest BCUT2D eigenvalue weighted by Crippen LogP contribution is 2.36. The van der Waals surface area contributed by atoms with Gasteiger partial charge in [0.1, 0.15) is 0 Å². The fraction of sp³-hybridized carbons (Fsp3) is 0.143. The van der Waals surface area contributed by atoms with Gasteiger partial charge in [-0.1, -0.05) is 11.8 Å². The van der Waals surface area contributed by atoms with Crippen LogP contribution in [0.1, 0.15) is 12.0 Å². The second-order valence-electron chi connectivity index (χ2n) is 4.38. The van der Waals surface area contributed by atoms with Gasteiger partial charge in [0.25, 0.3) is 0 Å². The van der Waals surface area contributed by atoms with Crippen LogP contribution in [-0.2, 0) is 11.2 Å². The largest absolute Gasteiger partial charge is 0.398 e. The van der Waals surface area contributed by atoms with Crippen molar-refractivity contribution in [1.29, 1.82) is 0 Å². The number of carbonyl (C=O) groups is 1. The molecule has 5 heteroatoms. The fourth-order valence-electron chi connectivity index (χ4n) is 2.04. The molecule has 0 fully saturated rings. The summed E-state index contributed by atoms with van der Waals surface area (Å²) < 4.78 is 0. The van der Waals surface area contributed by atoms with E-state index in [9.17, 15) is 4.79 Å². The molecule has 1 aromatic heterocycles. The van der Waals surface area contributed by atoms with E-state index in [-0.39, 0.29) is 5.91 Å². The van der Waals surface area contributed by atoms with Crippen LogP contribution < -0.4 is 11.1 Å². The third-order valence-electron chi connectivity index (χ3n) is 3.01. The van der Waals surface area contributed by atoms with Crippen LogP contribution in [0.15, 0.2) is 46.5 Å². The number of hydrogen-bond acceptors (Lipinski definition) is 4. The maximum Gasteiger partial charge on any atom is 0.224 e. The standard InChI is InChI=1S/C14H13N3OS/c15-11-8-12-9(1-2-14(18)17-12)7-13(11)19-10-3-5-16-6-4-10/h3-8H,1-2,15H2,(H,17,18). The Morgan fingerprint density at radius 1 is 1.21 bits per heavy atom. The molecule has 4 nitrogen and oxygen atoms in total. The highest BCUT2D eigenvalue weighted by molar-refractivity contribution is 7.99. The number of fused-ring (bicyclic) bond motifs is 1. The van der Waals surface area contributed by atoms with Gasteiger partial charge in [0.2, 0.25) is 5.91 Å². The molecule has 0 unspecified atom stereocenters. The Morgan fingerprint density at radius 2 is 2.00 bits per heavy atom. The molecule has 2 heterocycles. The number of hydrogen-bond donors (Lipinski definition) is 2. The third kappa shape index (κ3) is 2.56. The summed E-state index contributed by atoms with van der Waals surface area (Å²) in [6, 6.07) is 7.81. The smallest absolute Gasteiger partial charge is 0.224 e. The molecule has 96 valence electrons. The first-order chi connectivity index (χ1) is 9.22. The Hall–Kier alpha value is -2.01. The van der Waals surface area contributed by atoms with Crippen molar-refractivity contribution in [2.24, 2.45) is 0 Å². The van der Waals surface area contributed by atoms with Gasteiger partial charge < -0.3 is 11.1 Å².